The van der Waals surface area contributed by atoms with Crippen molar-refractivity contribution in [1.82, 2.24) is 0 Å². The molecule has 1 unspecified atom stereocenters. The molecule has 0 aliphatic rings. The zero-order chi connectivity index (χ0) is 8.69. The predicted molar refractivity (Wildman–Crippen MR) is 57.9 cm³/mol. The zero-order valence-electron chi connectivity index (χ0n) is 7.31. The Labute approximate surface area is 83.0 Å². The number of halogens is 1. The summed E-state index contributed by atoms with van der Waals surface area (Å²) in [4.78, 5) is 0. The van der Waals surface area contributed by atoms with Crippen LogP contribution in [0.25, 0.3) is 0 Å². The molecule has 66 valence electrons. The summed E-state index contributed by atoms with van der Waals surface area (Å²) in [5.74, 6) is 0. The second kappa shape index (κ2) is 7.10. The lowest BCUT2D eigenvalue weighted by atomic mass is 10.1. The summed E-state index contributed by atoms with van der Waals surface area (Å²) in [6.07, 6.45) is 4.50. The minimum atomic E-state index is -0.260. The minimum Gasteiger partial charge on any atom is -0.389 e. The molecular weight excluding hydrogens is 251 g/mol. The quantitative estimate of drug-likeness (QED) is 0.599. The van der Waals surface area contributed by atoms with Crippen molar-refractivity contribution in [3.05, 3.63) is 9.66 Å². The highest BCUT2D eigenvalue weighted by molar-refractivity contribution is 14.1. The van der Waals surface area contributed by atoms with Crippen LogP contribution >= 0.6 is 22.6 Å². The molecule has 0 amide bonds. The molecule has 0 aliphatic heterocycles. The zero-order valence-corrected chi connectivity index (χ0v) is 9.47. The van der Waals surface area contributed by atoms with Gasteiger partial charge in [-0.05, 0) is 29.4 Å². The van der Waals surface area contributed by atoms with E-state index in [1.54, 1.807) is 0 Å². The van der Waals surface area contributed by atoms with E-state index in [-0.39, 0.29) is 6.10 Å². The summed E-state index contributed by atoms with van der Waals surface area (Å²) in [5.41, 5.74) is 1.17. The van der Waals surface area contributed by atoms with E-state index in [4.69, 9.17) is 0 Å². The molecule has 0 rings (SSSR count). The topological polar surface area (TPSA) is 20.2 Å². The van der Waals surface area contributed by atoms with Crippen LogP contribution < -0.4 is 0 Å². The maximum Gasteiger partial charge on any atom is 0.0729 e. The summed E-state index contributed by atoms with van der Waals surface area (Å²) in [7, 11) is 0. The van der Waals surface area contributed by atoms with Crippen LogP contribution in [0.5, 0.6) is 0 Å². The fraction of sp³-hybridized carbons (Fsp3) is 0.778. The van der Waals surface area contributed by atoms with Gasteiger partial charge in [0.2, 0.25) is 0 Å². The molecule has 11 heavy (non-hydrogen) atoms. The smallest absolute Gasteiger partial charge is 0.0729 e. The van der Waals surface area contributed by atoms with Crippen LogP contribution in [0.3, 0.4) is 0 Å². The molecule has 0 aromatic rings. The molecule has 1 N–H and O–H groups in total. The van der Waals surface area contributed by atoms with Crippen LogP contribution in [-0.2, 0) is 0 Å². The Morgan fingerprint density at radius 2 is 2.18 bits per heavy atom. The first-order valence-corrected chi connectivity index (χ1v) is 5.44. The highest BCUT2D eigenvalue weighted by atomic mass is 127. The van der Waals surface area contributed by atoms with Crippen LogP contribution in [-0.4, -0.2) is 11.2 Å². The molecule has 0 radical (unpaired) electrons. The molecule has 0 heterocycles. The van der Waals surface area contributed by atoms with Gasteiger partial charge < -0.3 is 5.11 Å². The molecule has 1 nitrogen and oxygen atoms in total. The second-order valence-electron chi connectivity index (χ2n) is 2.82. The molecule has 2 heteroatoms. The summed E-state index contributed by atoms with van der Waals surface area (Å²) in [5, 5.41) is 9.24. The summed E-state index contributed by atoms with van der Waals surface area (Å²) >= 11 is 2.19. The third kappa shape index (κ3) is 5.67. The van der Waals surface area contributed by atoms with Gasteiger partial charge >= 0.3 is 0 Å². The van der Waals surface area contributed by atoms with Crippen LogP contribution in [0.4, 0.5) is 0 Å². The number of hydrogen-bond acceptors (Lipinski definition) is 1. The Bertz CT molecular complexity index is 119. The van der Waals surface area contributed by atoms with Crippen LogP contribution in [0.15, 0.2) is 9.66 Å². The largest absolute Gasteiger partial charge is 0.389 e. The van der Waals surface area contributed by atoms with E-state index >= 15 is 0 Å². The summed E-state index contributed by atoms with van der Waals surface area (Å²) in [6.45, 7) is 4.02. The fourth-order valence-corrected chi connectivity index (χ4v) is 1.77. The number of unbranched alkanes of at least 4 members (excludes halogenated alkanes) is 2. The van der Waals surface area contributed by atoms with E-state index in [2.05, 4.69) is 29.5 Å². The monoisotopic (exact) mass is 268 g/mol. The first kappa shape index (κ1) is 11.4. The van der Waals surface area contributed by atoms with Crippen LogP contribution in [0.2, 0.25) is 0 Å². The van der Waals surface area contributed by atoms with E-state index in [1.165, 1.54) is 24.8 Å². The van der Waals surface area contributed by atoms with Crippen molar-refractivity contribution in [2.45, 2.75) is 45.6 Å². The molecular formula is C9H17IO. The summed E-state index contributed by atoms with van der Waals surface area (Å²) < 4.78 is 2.00. The van der Waals surface area contributed by atoms with Gasteiger partial charge in [-0.1, -0.05) is 42.4 Å². The molecule has 0 fully saturated rings. The average molecular weight is 268 g/mol. The first-order valence-electron chi connectivity index (χ1n) is 4.19. The van der Waals surface area contributed by atoms with Gasteiger partial charge in [0, 0.05) is 0 Å². The molecule has 0 saturated carbocycles. The molecule has 0 aromatic heterocycles. The third-order valence-electron chi connectivity index (χ3n) is 1.75. The van der Waals surface area contributed by atoms with Crippen molar-refractivity contribution >= 4 is 22.6 Å². The fourth-order valence-electron chi connectivity index (χ4n) is 0.934. The summed E-state index contributed by atoms with van der Waals surface area (Å²) in [6, 6.07) is 0. The van der Waals surface area contributed by atoms with Crippen molar-refractivity contribution in [2.24, 2.45) is 0 Å². The molecule has 0 bridgehead atoms. The van der Waals surface area contributed by atoms with Gasteiger partial charge in [0.05, 0.1) is 6.10 Å². The average Bonchev–Trinajstić information content (AvgIpc) is 1.97. The van der Waals surface area contributed by atoms with Crippen LogP contribution in [0, 0.1) is 0 Å². The lowest BCUT2D eigenvalue weighted by Gasteiger charge is -2.08. The van der Waals surface area contributed by atoms with Crippen molar-refractivity contribution in [3.8, 4) is 0 Å². The van der Waals surface area contributed by atoms with E-state index in [9.17, 15) is 5.11 Å². The Morgan fingerprint density at radius 3 is 2.55 bits per heavy atom. The van der Waals surface area contributed by atoms with Crippen molar-refractivity contribution in [1.29, 1.82) is 0 Å². The van der Waals surface area contributed by atoms with Crippen molar-refractivity contribution in [3.63, 3.8) is 0 Å². The normalized spacial score (nSPS) is 15.1. The Balaban J connectivity index is 3.54. The van der Waals surface area contributed by atoms with Crippen molar-refractivity contribution in [2.75, 3.05) is 0 Å². The first-order chi connectivity index (χ1) is 5.22. The maximum absolute atomic E-state index is 9.24. The van der Waals surface area contributed by atoms with Gasteiger partial charge in [-0.3, -0.25) is 0 Å². The standard InChI is InChI=1S/C9H17IO/c1-3-4-5-6-9(7-10)8(2)11/h7-8,11H,3-6H2,1-2H3. The Hall–Kier alpha value is 0.430. The number of aliphatic hydroxyl groups excluding tert-OH is 1. The van der Waals surface area contributed by atoms with Gasteiger partial charge in [0.1, 0.15) is 0 Å². The lowest BCUT2D eigenvalue weighted by Crippen LogP contribution is -2.03. The maximum atomic E-state index is 9.24. The van der Waals surface area contributed by atoms with Crippen molar-refractivity contribution < 1.29 is 5.11 Å². The number of hydrogen-bond donors (Lipinski definition) is 1. The number of rotatable bonds is 5. The van der Waals surface area contributed by atoms with Gasteiger partial charge in [-0.2, -0.15) is 0 Å². The molecule has 0 aromatic carbocycles. The van der Waals surface area contributed by atoms with Gasteiger partial charge in [0.15, 0.2) is 0 Å². The molecule has 0 spiro atoms. The van der Waals surface area contributed by atoms with Gasteiger partial charge in [-0.15, -0.1) is 0 Å². The molecule has 0 saturated heterocycles. The lowest BCUT2D eigenvalue weighted by molar-refractivity contribution is 0.226. The van der Waals surface area contributed by atoms with Gasteiger partial charge in [-0.25, -0.2) is 0 Å². The SMILES string of the molecule is CCCCCC(=CI)C(C)O. The van der Waals surface area contributed by atoms with E-state index < -0.39 is 0 Å². The third-order valence-corrected chi connectivity index (χ3v) is 2.55. The van der Waals surface area contributed by atoms with E-state index in [1.807, 2.05) is 11.0 Å². The second-order valence-corrected chi connectivity index (χ2v) is 3.44. The highest BCUT2D eigenvalue weighted by Crippen LogP contribution is 2.14. The Morgan fingerprint density at radius 1 is 1.55 bits per heavy atom. The Kier molecular flexibility index (Phi) is 7.38. The predicted octanol–water partition coefficient (Wildman–Crippen LogP) is 3.27. The van der Waals surface area contributed by atoms with Crippen LogP contribution in [0.1, 0.15) is 39.5 Å². The number of aliphatic hydroxyl groups is 1. The molecule has 0 aliphatic carbocycles. The minimum absolute atomic E-state index is 0.260. The van der Waals surface area contributed by atoms with E-state index in [0.29, 0.717) is 0 Å². The molecule has 1 atom stereocenters. The van der Waals surface area contributed by atoms with E-state index in [0.717, 1.165) is 6.42 Å². The highest BCUT2D eigenvalue weighted by Gasteiger charge is 2.02. The van der Waals surface area contributed by atoms with Gasteiger partial charge in [0.25, 0.3) is 0 Å².